The molecular formula is C16H21N3O2. The average molecular weight is 287 g/mol. The maximum absolute atomic E-state index is 12.6. The fraction of sp³-hybridized carbons (Fsp3) is 0.375. The number of carbonyl (C=O) groups excluding carboxylic acids is 1. The van der Waals surface area contributed by atoms with Gasteiger partial charge in [0.1, 0.15) is 5.56 Å². The lowest BCUT2D eigenvalue weighted by atomic mass is 10.1. The molecule has 1 atom stereocenters. The van der Waals surface area contributed by atoms with Crippen molar-refractivity contribution >= 4 is 22.5 Å². The van der Waals surface area contributed by atoms with Gasteiger partial charge in [-0.15, -0.1) is 0 Å². The SMILES string of the molecule is CCC(C)n1cc(C(=O)N(C)C)c(=O)c2c(N)cccc21. The number of aromatic nitrogens is 1. The molecule has 0 fully saturated rings. The quantitative estimate of drug-likeness (QED) is 0.880. The first-order chi connectivity index (χ1) is 9.88. The maximum atomic E-state index is 12.6. The minimum Gasteiger partial charge on any atom is -0.398 e. The molecule has 0 spiro atoms. The minimum absolute atomic E-state index is 0.158. The highest BCUT2D eigenvalue weighted by atomic mass is 16.2. The van der Waals surface area contributed by atoms with Crippen LogP contribution in [0.25, 0.3) is 10.9 Å². The van der Waals surface area contributed by atoms with E-state index in [0.29, 0.717) is 11.1 Å². The highest BCUT2D eigenvalue weighted by Crippen LogP contribution is 2.23. The molecule has 5 heteroatoms. The molecule has 0 saturated heterocycles. The lowest BCUT2D eigenvalue weighted by Crippen LogP contribution is -2.29. The lowest BCUT2D eigenvalue weighted by Gasteiger charge is -2.20. The Kier molecular flexibility index (Phi) is 4.02. The van der Waals surface area contributed by atoms with Gasteiger partial charge < -0.3 is 15.2 Å². The second kappa shape index (κ2) is 5.60. The number of anilines is 1. The van der Waals surface area contributed by atoms with Crippen molar-refractivity contribution in [1.29, 1.82) is 0 Å². The van der Waals surface area contributed by atoms with Gasteiger partial charge in [-0.1, -0.05) is 13.0 Å². The second-order valence-corrected chi connectivity index (χ2v) is 5.48. The summed E-state index contributed by atoms with van der Waals surface area (Å²) in [6, 6.07) is 5.55. The molecular weight excluding hydrogens is 266 g/mol. The molecule has 5 nitrogen and oxygen atoms in total. The summed E-state index contributed by atoms with van der Waals surface area (Å²) >= 11 is 0. The Morgan fingerprint density at radius 2 is 2.05 bits per heavy atom. The number of carbonyl (C=O) groups is 1. The zero-order chi connectivity index (χ0) is 15.7. The maximum Gasteiger partial charge on any atom is 0.258 e. The molecule has 0 bridgehead atoms. The van der Waals surface area contributed by atoms with Crippen LogP contribution in [0.2, 0.25) is 0 Å². The predicted molar refractivity (Wildman–Crippen MR) is 85.6 cm³/mol. The van der Waals surface area contributed by atoms with Crippen molar-refractivity contribution in [1.82, 2.24) is 9.47 Å². The zero-order valence-electron chi connectivity index (χ0n) is 12.9. The van der Waals surface area contributed by atoms with Crippen molar-refractivity contribution in [2.75, 3.05) is 19.8 Å². The van der Waals surface area contributed by atoms with Crippen molar-refractivity contribution < 1.29 is 4.79 Å². The molecule has 0 aliphatic carbocycles. The molecule has 0 aliphatic heterocycles. The second-order valence-electron chi connectivity index (χ2n) is 5.48. The Morgan fingerprint density at radius 1 is 1.38 bits per heavy atom. The van der Waals surface area contributed by atoms with Gasteiger partial charge in [0.15, 0.2) is 0 Å². The van der Waals surface area contributed by atoms with E-state index in [0.717, 1.165) is 11.9 Å². The molecule has 1 aromatic carbocycles. The summed E-state index contributed by atoms with van der Waals surface area (Å²) in [5, 5.41) is 0.422. The monoisotopic (exact) mass is 287 g/mol. The topological polar surface area (TPSA) is 68.3 Å². The Bertz CT molecular complexity index is 747. The molecule has 0 radical (unpaired) electrons. The van der Waals surface area contributed by atoms with Crippen LogP contribution in [0, 0.1) is 0 Å². The summed E-state index contributed by atoms with van der Waals surface area (Å²) in [5.74, 6) is -0.304. The smallest absolute Gasteiger partial charge is 0.258 e. The summed E-state index contributed by atoms with van der Waals surface area (Å²) in [4.78, 5) is 26.3. The summed E-state index contributed by atoms with van der Waals surface area (Å²) in [5.41, 5.74) is 7.00. The van der Waals surface area contributed by atoms with Crippen LogP contribution < -0.4 is 11.2 Å². The van der Waals surface area contributed by atoms with Crippen molar-refractivity contribution in [2.45, 2.75) is 26.3 Å². The minimum atomic E-state index is -0.304. The standard InChI is InChI=1S/C16H21N3O2/c1-5-10(2)19-9-11(16(21)18(3)4)15(20)14-12(17)7-6-8-13(14)19/h6-10H,5,17H2,1-4H3. The van der Waals surface area contributed by atoms with Crippen molar-refractivity contribution in [3.05, 3.63) is 40.2 Å². The van der Waals surface area contributed by atoms with Crippen LogP contribution in [0.5, 0.6) is 0 Å². The van der Waals surface area contributed by atoms with Crippen molar-refractivity contribution in [3.63, 3.8) is 0 Å². The van der Waals surface area contributed by atoms with Gasteiger partial charge >= 0.3 is 0 Å². The highest BCUT2D eigenvalue weighted by Gasteiger charge is 2.19. The number of pyridine rings is 1. The van der Waals surface area contributed by atoms with E-state index >= 15 is 0 Å². The van der Waals surface area contributed by atoms with Crippen LogP contribution in [0.4, 0.5) is 5.69 Å². The van der Waals surface area contributed by atoms with E-state index in [4.69, 9.17) is 5.73 Å². The summed E-state index contributed by atoms with van der Waals surface area (Å²) in [6.45, 7) is 4.12. The third-order valence-electron chi connectivity index (χ3n) is 3.80. The molecule has 1 unspecified atom stereocenters. The molecule has 0 aliphatic rings. The van der Waals surface area contributed by atoms with Crippen LogP contribution in [0.15, 0.2) is 29.2 Å². The number of hydrogen-bond acceptors (Lipinski definition) is 3. The van der Waals surface area contributed by atoms with Gasteiger partial charge in [0.05, 0.1) is 10.9 Å². The fourth-order valence-electron chi connectivity index (χ4n) is 2.38. The first kappa shape index (κ1) is 15.1. The van der Waals surface area contributed by atoms with Gasteiger partial charge in [0.25, 0.3) is 5.91 Å². The van der Waals surface area contributed by atoms with Crippen LogP contribution in [0.1, 0.15) is 36.7 Å². The van der Waals surface area contributed by atoms with Gasteiger partial charge in [-0.2, -0.15) is 0 Å². The number of rotatable bonds is 3. The van der Waals surface area contributed by atoms with Crippen molar-refractivity contribution in [3.8, 4) is 0 Å². The van der Waals surface area contributed by atoms with E-state index in [1.807, 2.05) is 16.7 Å². The van der Waals surface area contributed by atoms with E-state index in [2.05, 4.69) is 13.8 Å². The summed E-state index contributed by atoms with van der Waals surface area (Å²) < 4.78 is 1.96. The van der Waals surface area contributed by atoms with Crippen molar-refractivity contribution in [2.24, 2.45) is 0 Å². The average Bonchev–Trinajstić information content (AvgIpc) is 2.46. The molecule has 2 rings (SSSR count). The first-order valence-electron chi connectivity index (χ1n) is 7.03. The predicted octanol–water partition coefficient (Wildman–Crippen LogP) is 2.26. The molecule has 21 heavy (non-hydrogen) atoms. The first-order valence-corrected chi connectivity index (χ1v) is 7.03. The summed E-state index contributed by atoms with van der Waals surface area (Å²) in [7, 11) is 3.27. The molecule has 2 aromatic rings. The van der Waals surface area contributed by atoms with Gasteiger partial charge in [-0.25, -0.2) is 0 Å². The summed E-state index contributed by atoms with van der Waals surface area (Å²) in [6.07, 6.45) is 2.54. The zero-order valence-corrected chi connectivity index (χ0v) is 12.9. The van der Waals surface area contributed by atoms with Crippen LogP contribution in [-0.2, 0) is 0 Å². The van der Waals surface area contributed by atoms with Crippen LogP contribution in [-0.4, -0.2) is 29.5 Å². The van der Waals surface area contributed by atoms with Crippen LogP contribution >= 0.6 is 0 Å². The third-order valence-corrected chi connectivity index (χ3v) is 3.80. The van der Waals surface area contributed by atoms with E-state index in [1.165, 1.54) is 4.90 Å². The molecule has 1 amide bonds. The number of nitrogens with zero attached hydrogens (tertiary/aromatic N) is 2. The number of nitrogens with two attached hydrogens (primary N) is 1. The van der Waals surface area contributed by atoms with E-state index in [1.54, 1.807) is 26.4 Å². The number of hydrogen-bond donors (Lipinski definition) is 1. The van der Waals surface area contributed by atoms with Gasteiger partial charge in [-0.3, -0.25) is 9.59 Å². The normalized spacial score (nSPS) is 12.4. The largest absolute Gasteiger partial charge is 0.398 e. The molecule has 112 valence electrons. The Labute approximate surface area is 124 Å². The third kappa shape index (κ3) is 2.51. The molecule has 1 heterocycles. The van der Waals surface area contributed by atoms with E-state index in [-0.39, 0.29) is 22.9 Å². The van der Waals surface area contributed by atoms with Gasteiger partial charge in [0.2, 0.25) is 5.43 Å². The number of amides is 1. The van der Waals surface area contributed by atoms with Gasteiger partial charge in [0, 0.05) is 32.0 Å². The molecule has 0 saturated carbocycles. The fourth-order valence-corrected chi connectivity index (χ4v) is 2.38. The Balaban J connectivity index is 2.90. The molecule has 2 N–H and O–H groups in total. The lowest BCUT2D eigenvalue weighted by molar-refractivity contribution is 0.0825. The highest BCUT2D eigenvalue weighted by molar-refractivity contribution is 5.99. The number of fused-ring (bicyclic) bond motifs is 1. The number of nitrogen functional groups attached to an aromatic ring is 1. The van der Waals surface area contributed by atoms with Gasteiger partial charge in [-0.05, 0) is 25.5 Å². The van der Waals surface area contributed by atoms with E-state index in [9.17, 15) is 9.59 Å². The number of benzene rings is 1. The van der Waals surface area contributed by atoms with Crippen LogP contribution in [0.3, 0.4) is 0 Å². The Hall–Kier alpha value is -2.30. The van der Waals surface area contributed by atoms with E-state index < -0.39 is 0 Å². The molecule has 1 aromatic heterocycles. The Morgan fingerprint density at radius 3 is 2.62 bits per heavy atom.